The molecule has 2 nitrogen and oxygen atoms in total. The summed E-state index contributed by atoms with van der Waals surface area (Å²) in [6.45, 7) is 1.64. The summed E-state index contributed by atoms with van der Waals surface area (Å²) in [6.07, 6.45) is 1.68. The van der Waals surface area contributed by atoms with E-state index < -0.39 is 6.10 Å². The number of anilines is 1. The highest BCUT2D eigenvalue weighted by Gasteiger charge is 2.27. The molecule has 1 N–H and O–H groups in total. The average Bonchev–Trinajstić information content (AvgIpc) is 2.99. The molecular formula is C12H16FNO. The molecule has 15 heavy (non-hydrogen) atoms. The van der Waals surface area contributed by atoms with Crippen LogP contribution in [0.4, 0.5) is 10.1 Å². The third-order valence-corrected chi connectivity index (χ3v) is 2.93. The molecule has 1 aliphatic carbocycles. The fourth-order valence-electron chi connectivity index (χ4n) is 1.73. The third kappa shape index (κ3) is 2.12. The first-order valence-electron chi connectivity index (χ1n) is 5.30. The summed E-state index contributed by atoms with van der Waals surface area (Å²) < 4.78 is 13.7. The maximum atomic E-state index is 13.7. The molecule has 3 heteroatoms. The van der Waals surface area contributed by atoms with E-state index in [2.05, 4.69) is 0 Å². The normalized spacial score (nSPS) is 17.6. The number of hydrogen-bond acceptors (Lipinski definition) is 2. The van der Waals surface area contributed by atoms with Crippen LogP contribution in [-0.2, 0) is 0 Å². The summed E-state index contributed by atoms with van der Waals surface area (Å²) >= 11 is 0. The first-order chi connectivity index (χ1) is 7.09. The lowest BCUT2D eigenvalue weighted by Crippen LogP contribution is -2.20. The van der Waals surface area contributed by atoms with Crippen molar-refractivity contribution in [3.8, 4) is 0 Å². The first-order valence-corrected chi connectivity index (χ1v) is 5.30. The molecule has 1 fully saturated rings. The van der Waals surface area contributed by atoms with Crippen molar-refractivity contribution in [2.75, 3.05) is 11.9 Å². The van der Waals surface area contributed by atoms with E-state index in [4.69, 9.17) is 0 Å². The number of nitrogens with zero attached hydrogens (tertiary/aromatic N) is 1. The van der Waals surface area contributed by atoms with E-state index in [9.17, 15) is 9.50 Å². The van der Waals surface area contributed by atoms with Gasteiger partial charge in [-0.15, -0.1) is 0 Å². The van der Waals surface area contributed by atoms with E-state index in [1.165, 1.54) is 6.07 Å². The Bertz CT molecular complexity index is 361. The Morgan fingerprint density at radius 2 is 2.13 bits per heavy atom. The van der Waals surface area contributed by atoms with Gasteiger partial charge in [0.25, 0.3) is 0 Å². The van der Waals surface area contributed by atoms with E-state index in [-0.39, 0.29) is 5.82 Å². The summed E-state index contributed by atoms with van der Waals surface area (Å²) in [5, 5.41) is 9.32. The smallest absolute Gasteiger partial charge is 0.146 e. The third-order valence-electron chi connectivity index (χ3n) is 2.93. The van der Waals surface area contributed by atoms with Crippen molar-refractivity contribution in [1.82, 2.24) is 0 Å². The highest BCUT2D eigenvalue weighted by atomic mass is 19.1. The second-order valence-electron chi connectivity index (χ2n) is 4.23. The molecular weight excluding hydrogens is 193 g/mol. The zero-order chi connectivity index (χ0) is 11.0. The van der Waals surface area contributed by atoms with E-state index in [0.717, 1.165) is 12.8 Å². The van der Waals surface area contributed by atoms with Crippen LogP contribution in [0.25, 0.3) is 0 Å². The first kappa shape index (κ1) is 10.4. The number of hydrogen-bond donors (Lipinski definition) is 1. The molecule has 0 radical (unpaired) electrons. The van der Waals surface area contributed by atoms with E-state index in [0.29, 0.717) is 17.3 Å². The summed E-state index contributed by atoms with van der Waals surface area (Å²) in [6, 6.07) is 5.44. The van der Waals surface area contributed by atoms with Crippen molar-refractivity contribution in [3.63, 3.8) is 0 Å². The highest BCUT2D eigenvalue weighted by Crippen LogP contribution is 2.32. The lowest BCUT2D eigenvalue weighted by Gasteiger charge is -2.20. The predicted octanol–water partition coefficient (Wildman–Crippen LogP) is 2.48. The molecule has 1 aromatic carbocycles. The Labute approximate surface area is 89.3 Å². The van der Waals surface area contributed by atoms with Gasteiger partial charge in [0.15, 0.2) is 0 Å². The van der Waals surface area contributed by atoms with Crippen LogP contribution >= 0.6 is 0 Å². The van der Waals surface area contributed by atoms with Crippen molar-refractivity contribution in [2.45, 2.75) is 31.9 Å². The van der Waals surface area contributed by atoms with Gasteiger partial charge in [0, 0.05) is 13.1 Å². The van der Waals surface area contributed by atoms with Gasteiger partial charge in [-0.3, -0.25) is 0 Å². The summed E-state index contributed by atoms with van der Waals surface area (Å²) in [5.74, 6) is -0.247. The number of aliphatic hydroxyl groups is 1. The standard InChI is InChI=1S/C12H16FNO/c1-8(15)9-3-6-12(11(13)7-9)14(2)10-4-5-10/h3,6-8,10,15H,4-5H2,1-2H3. The molecule has 1 saturated carbocycles. The molecule has 2 rings (SSSR count). The van der Waals surface area contributed by atoms with Gasteiger partial charge in [-0.25, -0.2) is 4.39 Å². The van der Waals surface area contributed by atoms with Gasteiger partial charge < -0.3 is 10.0 Å². The molecule has 1 atom stereocenters. The van der Waals surface area contributed by atoms with Gasteiger partial charge in [0.05, 0.1) is 11.8 Å². The maximum Gasteiger partial charge on any atom is 0.146 e. The zero-order valence-electron chi connectivity index (χ0n) is 9.07. The van der Waals surface area contributed by atoms with Crippen LogP contribution in [0.1, 0.15) is 31.4 Å². The van der Waals surface area contributed by atoms with Crippen LogP contribution in [0, 0.1) is 5.82 Å². The number of halogens is 1. The number of aliphatic hydroxyl groups excluding tert-OH is 1. The Morgan fingerprint density at radius 3 is 2.60 bits per heavy atom. The largest absolute Gasteiger partial charge is 0.389 e. The molecule has 0 heterocycles. The van der Waals surface area contributed by atoms with Gasteiger partial charge in [-0.2, -0.15) is 0 Å². The summed E-state index contributed by atoms with van der Waals surface area (Å²) in [5.41, 5.74) is 1.25. The minimum Gasteiger partial charge on any atom is -0.389 e. The summed E-state index contributed by atoms with van der Waals surface area (Å²) in [7, 11) is 1.91. The van der Waals surface area contributed by atoms with Crippen LogP contribution in [0.15, 0.2) is 18.2 Å². The fourth-order valence-corrected chi connectivity index (χ4v) is 1.73. The van der Waals surface area contributed by atoms with Crippen molar-refractivity contribution >= 4 is 5.69 Å². The van der Waals surface area contributed by atoms with Gasteiger partial charge in [0.1, 0.15) is 5.82 Å². The van der Waals surface area contributed by atoms with Gasteiger partial charge in [-0.05, 0) is 37.5 Å². The van der Waals surface area contributed by atoms with E-state index >= 15 is 0 Å². The minimum atomic E-state index is -0.611. The number of rotatable bonds is 3. The molecule has 1 aliphatic rings. The fraction of sp³-hybridized carbons (Fsp3) is 0.500. The lowest BCUT2D eigenvalue weighted by molar-refractivity contribution is 0.199. The molecule has 0 amide bonds. The molecule has 0 saturated heterocycles. The predicted molar refractivity (Wildman–Crippen MR) is 58.5 cm³/mol. The Hall–Kier alpha value is -1.09. The topological polar surface area (TPSA) is 23.5 Å². The highest BCUT2D eigenvalue weighted by molar-refractivity contribution is 5.50. The Kier molecular flexibility index (Phi) is 2.65. The molecule has 82 valence electrons. The summed E-state index contributed by atoms with van der Waals surface area (Å²) in [4.78, 5) is 1.97. The zero-order valence-corrected chi connectivity index (χ0v) is 9.07. The second-order valence-corrected chi connectivity index (χ2v) is 4.23. The van der Waals surface area contributed by atoms with E-state index in [1.807, 2.05) is 11.9 Å². The average molecular weight is 209 g/mol. The van der Waals surface area contributed by atoms with Crippen molar-refractivity contribution in [2.24, 2.45) is 0 Å². The maximum absolute atomic E-state index is 13.7. The van der Waals surface area contributed by atoms with Gasteiger partial charge >= 0.3 is 0 Å². The van der Waals surface area contributed by atoms with Crippen LogP contribution in [-0.4, -0.2) is 18.2 Å². The number of benzene rings is 1. The molecule has 1 unspecified atom stereocenters. The van der Waals surface area contributed by atoms with Crippen LogP contribution in [0.2, 0.25) is 0 Å². The second kappa shape index (κ2) is 3.81. The molecule has 0 aliphatic heterocycles. The quantitative estimate of drug-likeness (QED) is 0.826. The molecule has 0 bridgehead atoms. The molecule has 1 aromatic rings. The van der Waals surface area contributed by atoms with Crippen LogP contribution in [0.3, 0.4) is 0 Å². The van der Waals surface area contributed by atoms with Gasteiger partial charge in [-0.1, -0.05) is 6.07 Å². The van der Waals surface area contributed by atoms with Crippen molar-refractivity contribution in [3.05, 3.63) is 29.6 Å². The SMILES string of the molecule is CC(O)c1ccc(N(C)C2CC2)c(F)c1. The Balaban J connectivity index is 2.25. The van der Waals surface area contributed by atoms with Crippen molar-refractivity contribution in [1.29, 1.82) is 0 Å². The molecule has 0 spiro atoms. The Morgan fingerprint density at radius 1 is 1.47 bits per heavy atom. The van der Waals surface area contributed by atoms with Crippen LogP contribution < -0.4 is 4.90 Å². The monoisotopic (exact) mass is 209 g/mol. The molecule has 0 aromatic heterocycles. The lowest BCUT2D eigenvalue weighted by atomic mass is 10.1. The van der Waals surface area contributed by atoms with Crippen molar-refractivity contribution < 1.29 is 9.50 Å². The van der Waals surface area contributed by atoms with Crippen LogP contribution in [0.5, 0.6) is 0 Å². The minimum absolute atomic E-state index is 0.247. The van der Waals surface area contributed by atoms with E-state index in [1.54, 1.807) is 19.1 Å². The van der Waals surface area contributed by atoms with Gasteiger partial charge in [0.2, 0.25) is 0 Å².